The molecule has 1 aliphatic rings. The van der Waals surface area contributed by atoms with Crippen molar-refractivity contribution in [2.24, 2.45) is 0 Å². The largest absolute Gasteiger partial charge is 0.388 e. The highest BCUT2D eigenvalue weighted by atomic mass is 16.3. The van der Waals surface area contributed by atoms with Gasteiger partial charge in [-0.1, -0.05) is 31.7 Å². The lowest BCUT2D eigenvalue weighted by molar-refractivity contribution is 0.0277. The van der Waals surface area contributed by atoms with Crippen LogP contribution in [-0.2, 0) is 6.54 Å². The highest BCUT2D eigenvalue weighted by Crippen LogP contribution is 2.26. The Balaban J connectivity index is 1.58. The predicted molar refractivity (Wildman–Crippen MR) is 94.0 cm³/mol. The summed E-state index contributed by atoms with van der Waals surface area (Å²) in [5.74, 6) is 0. The Labute approximate surface area is 143 Å². The molecule has 1 aromatic heterocycles. The van der Waals surface area contributed by atoms with Crippen LogP contribution in [0.15, 0.2) is 29.2 Å². The van der Waals surface area contributed by atoms with E-state index < -0.39 is 5.60 Å². The second-order valence-electron chi connectivity index (χ2n) is 6.69. The third-order valence-electron chi connectivity index (χ3n) is 4.62. The van der Waals surface area contributed by atoms with Crippen LogP contribution in [0, 0.1) is 0 Å². The first-order chi connectivity index (χ1) is 11.6. The predicted octanol–water partition coefficient (Wildman–Crippen LogP) is 2.01. The molecule has 0 aromatic carbocycles. The molecule has 1 fully saturated rings. The number of hydrogen-bond acceptors (Lipinski definition) is 3. The molecule has 6 nitrogen and oxygen atoms in total. The summed E-state index contributed by atoms with van der Waals surface area (Å²) in [5.41, 5.74) is -0.748. The zero-order valence-electron chi connectivity index (χ0n) is 14.3. The number of nitrogens with one attached hydrogen (secondary N) is 2. The van der Waals surface area contributed by atoms with Crippen LogP contribution in [0.1, 0.15) is 51.4 Å². The molecule has 3 N–H and O–H groups in total. The number of amides is 2. The van der Waals surface area contributed by atoms with Crippen LogP contribution >= 0.6 is 0 Å². The summed E-state index contributed by atoms with van der Waals surface area (Å²) in [5, 5.41) is 16.1. The molecular weight excluding hydrogens is 306 g/mol. The van der Waals surface area contributed by atoms with E-state index in [2.05, 4.69) is 10.6 Å². The van der Waals surface area contributed by atoms with Crippen LogP contribution < -0.4 is 16.2 Å². The maximum atomic E-state index is 11.8. The molecule has 134 valence electrons. The highest BCUT2D eigenvalue weighted by molar-refractivity contribution is 5.73. The number of nitrogens with zero attached hydrogens (tertiary/aromatic N) is 1. The molecule has 1 saturated carbocycles. The molecule has 2 amide bonds. The van der Waals surface area contributed by atoms with Gasteiger partial charge in [0.25, 0.3) is 0 Å². The second-order valence-corrected chi connectivity index (χ2v) is 6.69. The quantitative estimate of drug-likeness (QED) is 0.526. The van der Waals surface area contributed by atoms with Crippen molar-refractivity contribution in [3.8, 4) is 0 Å². The maximum absolute atomic E-state index is 11.8. The molecule has 0 spiro atoms. The average molecular weight is 335 g/mol. The van der Waals surface area contributed by atoms with E-state index in [0.717, 1.165) is 38.5 Å². The summed E-state index contributed by atoms with van der Waals surface area (Å²) in [4.78, 5) is 23.4. The molecule has 0 saturated heterocycles. The van der Waals surface area contributed by atoms with Gasteiger partial charge in [-0.3, -0.25) is 4.79 Å². The lowest BCUT2D eigenvalue weighted by Crippen LogP contribution is -2.46. The van der Waals surface area contributed by atoms with Gasteiger partial charge < -0.3 is 20.3 Å². The summed E-state index contributed by atoms with van der Waals surface area (Å²) in [6, 6.07) is 4.88. The molecule has 1 aromatic rings. The smallest absolute Gasteiger partial charge is 0.314 e. The van der Waals surface area contributed by atoms with E-state index in [1.54, 1.807) is 22.9 Å². The van der Waals surface area contributed by atoms with Crippen LogP contribution in [0.5, 0.6) is 0 Å². The normalized spacial score (nSPS) is 17.0. The van der Waals surface area contributed by atoms with Crippen LogP contribution in [0.3, 0.4) is 0 Å². The number of urea groups is 1. The summed E-state index contributed by atoms with van der Waals surface area (Å²) >= 11 is 0. The first-order valence-electron chi connectivity index (χ1n) is 8.99. The Hall–Kier alpha value is -1.82. The molecule has 24 heavy (non-hydrogen) atoms. The Morgan fingerprint density at radius 3 is 2.58 bits per heavy atom. The van der Waals surface area contributed by atoms with Crippen molar-refractivity contribution >= 4 is 6.03 Å². The fourth-order valence-electron chi connectivity index (χ4n) is 3.13. The molecule has 1 heterocycles. The first-order valence-corrected chi connectivity index (χ1v) is 8.99. The van der Waals surface area contributed by atoms with Crippen molar-refractivity contribution < 1.29 is 9.90 Å². The number of aliphatic hydroxyl groups is 1. The summed E-state index contributed by atoms with van der Waals surface area (Å²) in [6.45, 7) is 1.53. The molecule has 0 bridgehead atoms. The number of hydrogen-bond donors (Lipinski definition) is 3. The van der Waals surface area contributed by atoms with Crippen molar-refractivity contribution in [1.29, 1.82) is 0 Å². The van der Waals surface area contributed by atoms with Gasteiger partial charge in [0.1, 0.15) is 0 Å². The Bertz CT molecular complexity index is 563. The zero-order chi connectivity index (χ0) is 17.3. The third-order valence-corrected chi connectivity index (χ3v) is 4.62. The van der Waals surface area contributed by atoms with E-state index in [4.69, 9.17) is 0 Å². The SMILES string of the molecule is O=C(NCCCCn1ccccc1=O)NCC1(O)CCCCCC1. The standard InChI is InChI=1S/C18H29N3O3/c22-16-9-3-7-13-21(16)14-8-6-12-19-17(23)20-15-18(24)10-4-1-2-5-11-18/h3,7,9,13,24H,1-2,4-6,8,10-12,14-15H2,(H2,19,20,23). The first kappa shape index (κ1) is 18.5. The van der Waals surface area contributed by atoms with Gasteiger partial charge >= 0.3 is 6.03 Å². The highest BCUT2D eigenvalue weighted by Gasteiger charge is 2.28. The van der Waals surface area contributed by atoms with Crippen LogP contribution in [0.25, 0.3) is 0 Å². The van der Waals surface area contributed by atoms with Crippen molar-refractivity contribution in [1.82, 2.24) is 15.2 Å². The summed E-state index contributed by atoms with van der Waals surface area (Å²) in [7, 11) is 0. The van der Waals surface area contributed by atoms with E-state index in [0.29, 0.717) is 19.6 Å². The number of rotatable bonds is 7. The van der Waals surface area contributed by atoms with E-state index >= 15 is 0 Å². The zero-order valence-corrected chi connectivity index (χ0v) is 14.3. The van der Waals surface area contributed by atoms with Gasteiger partial charge in [-0.2, -0.15) is 0 Å². The van der Waals surface area contributed by atoms with Crippen LogP contribution in [0.2, 0.25) is 0 Å². The second kappa shape index (κ2) is 9.47. The molecule has 0 aliphatic heterocycles. The van der Waals surface area contributed by atoms with Crippen molar-refractivity contribution in [3.63, 3.8) is 0 Å². The topological polar surface area (TPSA) is 83.4 Å². The number of unbranched alkanes of at least 4 members (excludes halogenated alkanes) is 1. The van der Waals surface area contributed by atoms with Crippen LogP contribution in [0.4, 0.5) is 4.79 Å². The lowest BCUT2D eigenvalue weighted by Gasteiger charge is -2.26. The van der Waals surface area contributed by atoms with Gasteiger partial charge in [-0.05, 0) is 31.7 Å². The third kappa shape index (κ3) is 6.35. The molecule has 2 rings (SSSR count). The lowest BCUT2D eigenvalue weighted by atomic mass is 9.95. The number of aromatic nitrogens is 1. The van der Waals surface area contributed by atoms with Gasteiger partial charge in [-0.15, -0.1) is 0 Å². The maximum Gasteiger partial charge on any atom is 0.314 e. The van der Waals surface area contributed by atoms with Crippen molar-refractivity contribution in [3.05, 3.63) is 34.7 Å². The molecule has 0 radical (unpaired) electrons. The Kier molecular flexibility index (Phi) is 7.31. The van der Waals surface area contributed by atoms with Gasteiger partial charge in [0, 0.05) is 31.9 Å². The number of carbonyl (C=O) groups excluding carboxylic acids is 1. The molecule has 6 heteroatoms. The van der Waals surface area contributed by atoms with Crippen molar-refractivity contribution in [2.75, 3.05) is 13.1 Å². The fourth-order valence-corrected chi connectivity index (χ4v) is 3.13. The van der Waals surface area contributed by atoms with E-state index in [1.165, 1.54) is 12.8 Å². The molecular formula is C18H29N3O3. The summed E-state index contributed by atoms with van der Waals surface area (Å²) in [6.07, 6.45) is 9.32. The van der Waals surface area contributed by atoms with Gasteiger partial charge in [-0.25, -0.2) is 4.79 Å². The molecule has 0 atom stereocenters. The van der Waals surface area contributed by atoms with Gasteiger partial charge in [0.2, 0.25) is 5.56 Å². The van der Waals surface area contributed by atoms with E-state index in [-0.39, 0.29) is 11.6 Å². The summed E-state index contributed by atoms with van der Waals surface area (Å²) < 4.78 is 1.67. The minimum atomic E-state index is -0.748. The minimum Gasteiger partial charge on any atom is -0.388 e. The molecule has 1 aliphatic carbocycles. The number of pyridine rings is 1. The molecule has 0 unspecified atom stereocenters. The van der Waals surface area contributed by atoms with Gasteiger partial charge in [0.15, 0.2) is 0 Å². The fraction of sp³-hybridized carbons (Fsp3) is 0.667. The monoisotopic (exact) mass is 335 g/mol. The van der Waals surface area contributed by atoms with Crippen molar-refractivity contribution in [2.45, 2.75) is 63.5 Å². The van der Waals surface area contributed by atoms with Gasteiger partial charge in [0.05, 0.1) is 5.60 Å². The van der Waals surface area contributed by atoms with E-state index in [1.807, 2.05) is 6.07 Å². The Morgan fingerprint density at radius 2 is 1.88 bits per heavy atom. The Morgan fingerprint density at radius 1 is 1.12 bits per heavy atom. The van der Waals surface area contributed by atoms with Crippen LogP contribution in [-0.4, -0.2) is 34.4 Å². The van der Waals surface area contributed by atoms with E-state index in [9.17, 15) is 14.7 Å². The number of aryl methyl sites for hydroxylation is 1. The minimum absolute atomic E-state index is 0.000142. The number of carbonyl (C=O) groups is 1. The average Bonchev–Trinajstić information content (AvgIpc) is 2.79.